The average molecular weight is 310 g/mol. The van der Waals surface area contributed by atoms with E-state index < -0.39 is 0 Å². The van der Waals surface area contributed by atoms with Gasteiger partial charge in [0.25, 0.3) is 0 Å². The predicted octanol–water partition coefficient (Wildman–Crippen LogP) is 4.93. The maximum atomic E-state index is 10.5. The number of aliphatic hydroxyl groups excluding tert-OH is 1. The first-order valence-corrected chi connectivity index (χ1v) is 8.79. The number of pyridine rings is 1. The van der Waals surface area contributed by atoms with Crippen LogP contribution in [0.2, 0.25) is 0 Å². The van der Waals surface area contributed by atoms with Gasteiger partial charge in [-0.25, -0.2) is 4.98 Å². The van der Waals surface area contributed by atoms with E-state index in [0.29, 0.717) is 0 Å². The number of nitrogens with one attached hydrogen (secondary N) is 1. The van der Waals surface area contributed by atoms with Gasteiger partial charge in [0.2, 0.25) is 0 Å². The first-order chi connectivity index (χ1) is 11.3. The number of hydrogen-bond donors (Lipinski definition) is 2. The van der Waals surface area contributed by atoms with Crippen LogP contribution in [0, 0.1) is 0 Å². The van der Waals surface area contributed by atoms with E-state index in [4.69, 9.17) is 0 Å². The molecule has 0 amide bonds. The molecule has 0 saturated heterocycles. The van der Waals surface area contributed by atoms with E-state index in [2.05, 4.69) is 29.4 Å². The molecular formula is C20H26N2O. The highest BCUT2D eigenvalue weighted by molar-refractivity contribution is 5.64. The molecule has 3 rings (SSSR count). The van der Waals surface area contributed by atoms with Crippen LogP contribution in [-0.4, -0.2) is 10.1 Å². The number of aliphatic hydroxyl groups is 1. The maximum Gasteiger partial charge on any atom is 0.130 e. The Bertz CT molecular complexity index is 640. The molecule has 3 heteroatoms. The van der Waals surface area contributed by atoms with E-state index in [0.717, 1.165) is 49.2 Å². The van der Waals surface area contributed by atoms with Crippen molar-refractivity contribution in [1.29, 1.82) is 0 Å². The predicted molar refractivity (Wildman–Crippen MR) is 95.1 cm³/mol. The van der Waals surface area contributed by atoms with Crippen molar-refractivity contribution in [2.75, 3.05) is 5.32 Å². The Labute approximate surface area is 138 Å². The van der Waals surface area contributed by atoms with E-state index in [9.17, 15) is 5.11 Å². The minimum Gasteiger partial charge on any atom is -0.388 e. The molecule has 2 aromatic rings. The molecule has 1 aromatic heterocycles. The van der Waals surface area contributed by atoms with Crippen LogP contribution < -0.4 is 5.32 Å². The van der Waals surface area contributed by atoms with E-state index in [1.807, 2.05) is 18.2 Å². The third-order valence-electron chi connectivity index (χ3n) is 4.63. The van der Waals surface area contributed by atoms with Crippen LogP contribution in [0.1, 0.15) is 61.8 Å². The highest BCUT2D eigenvalue weighted by atomic mass is 16.3. The van der Waals surface area contributed by atoms with Crippen LogP contribution in [0.25, 0.3) is 0 Å². The molecule has 0 aliphatic heterocycles. The molecule has 2 N–H and O–H groups in total. The molecule has 1 aliphatic carbocycles. The summed E-state index contributed by atoms with van der Waals surface area (Å²) in [5.74, 6) is 0.862. The smallest absolute Gasteiger partial charge is 0.130 e. The Morgan fingerprint density at radius 1 is 1.22 bits per heavy atom. The summed E-state index contributed by atoms with van der Waals surface area (Å²) in [6.45, 7) is 2.16. The number of fused-ring (bicyclic) bond motifs is 1. The lowest BCUT2D eigenvalue weighted by Crippen LogP contribution is -2.09. The molecule has 0 radical (unpaired) electrons. The molecule has 1 atom stereocenters. The Balaban J connectivity index is 1.92. The molecule has 1 aromatic carbocycles. The Hall–Kier alpha value is -1.87. The molecular weight excluding hydrogens is 284 g/mol. The Kier molecular flexibility index (Phi) is 5.29. The molecule has 0 fully saturated rings. The van der Waals surface area contributed by atoms with Crippen LogP contribution in [0.4, 0.5) is 11.5 Å². The average Bonchev–Trinajstić information content (AvgIpc) is 2.60. The largest absolute Gasteiger partial charge is 0.388 e. The molecule has 23 heavy (non-hydrogen) atoms. The van der Waals surface area contributed by atoms with Crippen LogP contribution in [0.5, 0.6) is 0 Å². The lowest BCUT2D eigenvalue weighted by atomic mass is 9.87. The van der Waals surface area contributed by atoms with Gasteiger partial charge in [-0.15, -0.1) is 0 Å². The minimum absolute atomic E-state index is 0.369. The van der Waals surface area contributed by atoms with Crippen LogP contribution in [0.15, 0.2) is 36.5 Å². The third-order valence-corrected chi connectivity index (χ3v) is 4.63. The molecule has 1 aliphatic rings. The quantitative estimate of drug-likeness (QED) is 0.795. The van der Waals surface area contributed by atoms with Crippen molar-refractivity contribution in [2.45, 2.75) is 58.0 Å². The normalized spacial score (nSPS) is 15.0. The zero-order valence-electron chi connectivity index (χ0n) is 13.9. The van der Waals surface area contributed by atoms with Crippen molar-refractivity contribution >= 4 is 11.5 Å². The fourth-order valence-electron chi connectivity index (χ4n) is 3.33. The van der Waals surface area contributed by atoms with Gasteiger partial charge in [-0.05, 0) is 67.0 Å². The first-order valence-electron chi connectivity index (χ1n) is 8.79. The molecule has 1 unspecified atom stereocenters. The molecule has 122 valence electrons. The van der Waals surface area contributed by atoms with E-state index in [1.54, 1.807) is 6.20 Å². The van der Waals surface area contributed by atoms with E-state index in [-0.39, 0.29) is 6.10 Å². The van der Waals surface area contributed by atoms with Gasteiger partial charge in [-0.1, -0.05) is 31.9 Å². The summed E-state index contributed by atoms with van der Waals surface area (Å²) in [6, 6.07) is 10.2. The van der Waals surface area contributed by atoms with Crippen molar-refractivity contribution in [2.24, 2.45) is 0 Å². The summed E-state index contributed by atoms with van der Waals surface area (Å²) in [5.41, 5.74) is 4.94. The summed E-state index contributed by atoms with van der Waals surface area (Å²) in [6.07, 6.45) is 9.13. The number of rotatable bonds is 6. The molecule has 0 saturated carbocycles. The summed E-state index contributed by atoms with van der Waals surface area (Å²) in [4.78, 5) is 4.37. The van der Waals surface area contributed by atoms with Crippen molar-refractivity contribution in [3.63, 3.8) is 0 Å². The fourth-order valence-corrected chi connectivity index (χ4v) is 3.33. The van der Waals surface area contributed by atoms with Gasteiger partial charge < -0.3 is 10.4 Å². The van der Waals surface area contributed by atoms with Crippen molar-refractivity contribution in [3.05, 3.63) is 53.2 Å². The minimum atomic E-state index is -0.369. The van der Waals surface area contributed by atoms with Crippen LogP contribution in [0.3, 0.4) is 0 Å². The van der Waals surface area contributed by atoms with Gasteiger partial charge in [0.05, 0.1) is 6.10 Å². The van der Waals surface area contributed by atoms with Crippen molar-refractivity contribution in [1.82, 2.24) is 4.98 Å². The lowest BCUT2D eigenvalue weighted by Gasteiger charge is -2.23. The topological polar surface area (TPSA) is 45.1 Å². The van der Waals surface area contributed by atoms with Crippen LogP contribution >= 0.6 is 0 Å². The van der Waals surface area contributed by atoms with Gasteiger partial charge in [0.1, 0.15) is 5.82 Å². The summed E-state index contributed by atoms with van der Waals surface area (Å²) in [7, 11) is 0. The second-order valence-corrected chi connectivity index (χ2v) is 6.41. The third kappa shape index (κ3) is 3.91. The summed E-state index contributed by atoms with van der Waals surface area (Å²) >= 11 is 0. The lowest BCUT2D eigenvalue weighted by molar-refractivity contribution is 0.164. The fraction of sp³-hybridized carbons (Fsp3) is 0.450. The maximum absolute atomic E-state index is 10.5. The molecule has 3 nitrogen and oxygen atoms in total. The van der Waals surface area contributed by atoms with Gasteiger partial charge in [0.15, 0.2) is 0 Å². The van der Waals surface area contributed by atoms with Gasteiger partial charge in [-0.2, -0.15) is 0 Å². The first kappa shape index (κ1) is 16.0. The molecule has 0 bridgehead atoms. The Morgan fingerprint density at radius 2 is 2.09 bits per heavy atom. The summed E-state index contributed by atoms with van der Waals surface area (Å²) in [5, 5.41) is 14.0. The number of nitrogens with zero attached hydrogens (tertiary/aromatic N) is 1. The SMILES string of the molecule is CCCCC(O)c1cc2c(c(Nc3ccccn3)c1)CCCC2. The zero-order valence-corrected chi connectivity index (χ0v) is 13.9. The summed E-state index contributed by atoms with van der Waals surface area (Å²) < 4.78 is 0. The zero-order chi connectivity index (χ0) is 16.1. The Morgan fingerprint density at radius 3 is 2.87 bits per heavy atom. The highest BCUT2D eigenvalue weighted by Crippen LogP contribution is 2.34. The van der Waals surface area contributed by atoms with Gasteiger partial charge in [-0.3, -0.25) is 0 Å². The monoisotopic (exact) mass is 310 g/mol. The number of aryl methyl sites for hydroxylation is 1. The number of aromatic nitrogens is 1. The van der Waals surface area contributed by atoms with Gasteiger partial charge in [0, 0.05) is 11.9 Å². The molecule has 1 heterocycles. The number of hydrogen-bond acceptors (Lipinski definition) is 3. The van der Waals surface area contributed by atoms with E-state index in [1.165, 1.54) is 24.0 Å². The number of unbranched alkanes of at least 4 members (excludes halogenated alkanes) is 1. The second kappa shape index (κ2) is 7.60. The highest BCUT2D eigenvalue weighted by Gasteiger charge is 2.18. The standard InChI is InChI=1S/C20H26N2O/c1-2-3-10-19(23)16-13-15-8-4-5-9-17(15)18(14-16)22-20-11-6-7-12-21-20/h6-7,11-14,19,23H,2-5,8-10H2,1H3,(H,21,22). The molecule has 0 spiro atoms. The van der Waals surface area contributed by atoms with Crippen molar-refractivity contribution < 1.29 is 5.11 Å². The van der Waals surface area contributed by atoms with Crippen LogP contribution in [-0.2, 0) is 12.8 Å². The van der Waals surface area contributed by atoms with E-state index >= 15 is 0 Å². The van der Waals surface area contributed by atoms with Crippen molar-refractivity contribution in [3.8, 4) is 0 Å². The second-order valence-electron chi connectivity index (χ2n) is 6.41. The van der Waals surface area contributed by atoms with Gasteiger partial charge >= 0.3 is 0 Å². The number of benzene rings is 1. The number of anilines is 2.